The molecule has 0 aliphatic carbocycles. The average Bonchev–Trinajstić information content (AvgIpc) is 3.57. The number of unbranched alkanes of at least 4 members (excludes halogenated alkanes) is 11. The standard InChI is InChI=1S/C71H108O12/c1-4-7-10-13-16-19-22-25-28-30-32-34-37-39-42-45-48-51-54-57-63(72)79-60-62(81-64(73)58-55-52-49-46-43-40-36-27-24-21-18-15-12-9-6-3)61-80-71-69(67(76)66(75)68(83-71)70(77)78)82-65(74)59-56-53-50-47-44-41-38-35-33-31-29-26-23-20-17-14-11-8-5-2/h7-12,16-21,25-29,32-36,39,42,48,51,62,66-69,71,75-76H,4-6,13-15,22-24,30-31,37-38,40-41,43-47,49-50,52-61H2,1-3H3,(H,77,78)/b10-7-,11-8-,12-9-,19-16-,20-17-,21-18-,28-25-,29-26-,34-32-,35-33-,36-27-,42-39-,51-48-. The highest BCUT2D eigenvalue weighted by molar-refractivity contribution is 5.74. The zero-order valence-corrected chi connectivity index (χ0v) is 51.1. The van der Waals surface area contributed by atoms with Gasteiger partial charge < -0.3 is 39.0 Å². The number of carboxylic acid groups (broad SMARTS) is 1. The normalized spacial score (nSPS) is 18.7. The average molecular weight is 1150 g/mol. The molecule has 0 amide bonds. The number of hydrogen-bond donors (Lipinski definition) is 3. The lowest BCUT2D eigenvalue weighted by molar-refractivity contribution is -0.301. The number of aliphatic carboxylic acids is 1. The third kappa shape index (κ3) is 46.4. The summed E-state index contributed by atoms with van der Waals surface area (Å²) in [6, 6.07) is 0. The molecule has 0 bridgehead atoms. The van der Waals surface area contributed by atoms with Crippen LogP contribution in [0.4, 0.5) is 0 Å². The molecule has 1 saturated heterocycles. The van der Waals surface area contributed by atoms with Crippen LogP contribution in [0.5, 0.6) is 0 Å². The van der Waals surface area contributed by atoms with Crippen LogP contribution in [-0.4, -0.2) is 89.2 Å². The molecule has 1 heterocycles. The molecule has 0 aromatic heterocycles. The Bertz CT molecular complexity index is 2050. The Morgan fingerprint density at radius 1 is 0.398 bits per heavy atom. The molecule has 6 unspecified atom stereocenters. The fourth-order valence-electron chi connectivity index (χ4n) is 8.40. The maximum atomic E-state index is 13.2. The lowest BCUT2D eigenvalue weighted by Crippen LogP contribution is -2.61. The van der Waals surface area contributed by atoms with Crippen LogP contribution in [0.25, 0.3) is 0 Å². The van der Waals surface area contributed by atoms with Gasteiger partial charge in [0.25, 0.3) is 0 Å². The van der Waals surface area contributed by atoms with E-state index in [0.717, 1.165) is 148 Å². The number of carbonyl (C=O) groups is 4. The molecule has 0 aromatic carbocycles. The SMILES string of the molecule is CC/C=C\C/C=C\C/C=C\C/C=C\C/C=C\C/C=C\CCC(=O)OCC(COC1OC(C(=O)O)C(O)C(O)C1OC(=O)CCCCCCCC/C=C\C/C=C\C/C=C\C/C=C\CC)OC(=O)CCCCCCC/C=C\C/C=C\C/C=C\CC. The predicted molar refractivity (Wildman–Crippen MR) is 339 cm³/mol. The first kappa shape index (κ1) is 75.4. The summed E-state index contributed by atoms with van der Waals surface area (Å²) >= 11 is 0. The maximum absolute atomic E-state index is 13.2. The number of hydrogen-bond acceptors (Lipinski definition) is 11. The Kier molecular flexibility index (Phi) is 51.6. The minimum Gasteiger partial charge on any atom is -0.479 e. The topological polar surface area (TPSA) is 175 Å². The van der Waals surface area contributed by atoms with Gasteiger partial charge in [0.1, 0.15) is 18.8 Å². The number of aliphatic hydroxyl groups is 2. The van der Waals surface area contributed by atoms with E-state index >= 15 is 0 Å². The van der Waals surface area contributed by atoms with Gasteiger partial charge in [-0.3, -0.25) is 14.4 Å². The summed E-state index contributed by atoms with van der Waals surface area (Å²) in [7, 11) is 0. The Labute approximate surface area is 501 Å². The Balaban J connectivity index is 2.74. The van der Waals surface area contributed by atoms with Crippen molar-refractivity contribution in [2.24, 2.45) is 0 Å². The van der Waals surface area contributed by atoms with E-state index in [1.807, 2.05) is 12.2 Å². The Morgan fingerprint density at radius 3 is 1.14 bits per heavy atom. The van der Waals surface area contributed by atoms with Gasteiger partial charge >= 0.3 is 23.9 Å². The molecule has 1 aliphatic heterocycles. The second-order valence-corrected chi connectivity index (χ2v) is 20.5. The van der Waals surface area contributed by atoms with E-state index in [1.165, 1.54) is 0 Å². The summed E-state index contributed by atoms with van der Waals surface area (Å²) in [6.07, 6.45) is 70.7. The molecular weight excluding hydrogens is 1040 g/mol. The zero-order valence-electron chi connectivity index (χ0n) is 51.1. The van der Waals surface area contributed by atoms with Gasteiger partial charge in [-0.05, 0) is 128 Å². The van der Waals surface area contributed by atoms with Crippen molar-refractivity contribution in [3.8, 4) is 0 Å². The molecule has 464 valence electrons. The minimum atomic E-state index is -1.93. The summed E-state index contributed by atoms with van der Waals surface area (Å²) < 4.78 is 28.4. The van der Waals surface area contributed by atoms with Crippen LogP contribution >= 0.6 is 0 Å². The molecular formula is C71H108O12. The molecule has 0 radical (unpaired) electrons. The fourth-order valence-corrected chi connectivity index (χ4v) is 8.40. The predicted octanol–water partition coefficient (Wildman–Crippen LogP) is 16.9. The molecule has 0 saturated carbocycles. The number of esters is 3. The summed E-state index contributed by atoms with van der Waals surface area (Å²) in [5.41, 5.74) is 0. The van der Waals surface area contributed by atoms with Crippen LogP contribution in [-0.2, 0) is 42.9 Å². The van der Waals surface area contributed by atoms with Crippen LogP contribution in [0.1, 0.15) is 213 Å². The third-order valence-electron chi connectivity index (χ3n) is 13.1. The van der Waals surface area contributed by atoms with Crippen molar-refractivity contribution in [2.45, 2.75) is 250 Å². The van der Waals surface area contributed by atoms with Gasteiger partial charge in [0.2, 0.25) is 0 Å². The summed E-state index contributed by atoms with van der Waals surface area (Å²) in [5, 5.41) is 31.6. The van der Waals surface area contributed by atoms with Crippen molar-refractivity contribution in [1.82, 2.24) is 0 Å². The maximum Gasteiger partial charge on any atom is 0.335 e. The van der Waals surface area contributed by atoms with Gasteiger partial charge in [-0.1, -0.05) is 224 Å². The van der Waals surface area contributed by atoms with E-state index in [2.05, 4.69) is 167 Å². The Morgan fingerprint density at radius 2 is 0.747 bits per heavy atom. The largest absolute Gasteiger partial charge is 0.479 e. The monoisotopic (exact) mass is 1150 g/mol. The van der Waals surface area contributed by atoms with Crippen molar-refractivity contribution in [3.05, 3.63) is 158 Å². The molecule has 1 rings (SSSR count). The van der Waals surface area contributed by atoms with Gasteiger partial charge in [0.15, 0.2) is 24.6 Å². The molecule has 12 nitrogen and oxygen atoms in total. The van der Waals surface area contributed by atoms with Crippen molar-refractivity contribution in [2.75, 3.05) is 13.2 Å². The highest BCUT2D eigenvalue weighted by Gasteiger charge is 2.50. The van der Waals surface area contributed by atoms with Crippen LogP contribution < -0.4 is 0 Å². The first-order valence-electron chi connectivity index (χ1n) is 31.5. The molecule has 12 heteroatoms. The van der Waals surface area contributed by atoms with Crippen molar-refractivity contribution < 1.29 is 58.2 Å². The fraction of sp³-hybridized carbons (Fsp3) is 0.577. The van der Waals surface area contributed by atoms with Gasteiger partial charge in [-0.2, -0.15) is 0 Å². The number of aliphatic hydroxyl groups excluding tert-OH is 2. The quantitative estimate of drug-likeness (QED) is 0.0228. The molecule has 3 N–H and O–H groups in total. The minimum absolute atomic E-state index is 0.0254. The van der Waals surface area contributed by atoms with Crippen molar-refractivity contribution in [3.63, 3.8) is 0 Å². The second kappa shape index (κ2) is 56.8. The van der Waals surface area contributed by atoms with Crippen LogP contribution in [0.2, 0.25) is 0 Å². The van der Waals surface area contributed by atoms with Gasteiger partial charge in [-0.15, -0.1) is 0 Å². The lowest BCUT2D eigenvalue weighted by atomic mass is 9.98. The highest BCUT2D eigenvalue weighted by Crippen LogP contribution is 2.26. The number of ether oxygens (including phenoxy) is 5. The number of carboxylic acids is 1. The smallest absolute Gasteiger partial charge is 0.335 e. The van der Waals surface area contributed by atoms with Crippen LogP contribution in [0.15, 0.2) is 158 Å². The lowest BCUT2D eigenvalue weighted by Gasteiger charge is -2.40. The molecule has 1 aliphatic rings. The van der Waals surface area contributed by atoms with Crippen LogP contribution in [0.3, 0.4) is 0 Å². The molecule has 6 atom stereocenters. The van der Waals surface area contributed by atoms with Gasteiger partial charge in [-0.25, -0.2) is 4.79 Å². The zero-order chi connectivity index (χ0) is 60.3. The highest BCUT2D eigenvalue weighted by atomic mass is 16.7. The van der Waals surface area contributed by atoms with Gasteiger partial charge in [0.05, 0.1) is 6.61 Å². The molecule has 1 fully saturated rings. The Hall–Kier alpha value is -5.66. The number of allylic oxidation sites excluding steroid dienone is 26. The molecule has 83 heavy (non-hydrogen) atoms. The van der Waals surface area contributed by atoms with E-state index in [1.54, 1.807) is 0 Å². The summed E-state index contributed by atoms with van der Waals surface area (Å²) in [5.74, 6) is -3.30. The summed E-state index contributed by atoms with van der Waals surface area (Å²) in [4.78, 5) is 51.3. The van der Waals surface area contributed by atoms with Crippen molar-refractivity contribution >= 4 is 23.9 Å². The molecule has 0 spiro atoms. The van der Waals surface area contributed by atoms with E-state index < -0.39 is 67.3 Å². The van der Waals surface area contributed by atoms with E-state index in [9.17, 15) is 34.5 Å². The van der Waals surface area contributed by atoms with E-state index in [-0.39, 0.29) is 25.9 Å². The van der Waals surface area contributed by atoms with Crippen LogP contribution in [0, 0.1) is 0 Å². The third-order valence-corrected chi connectivity index (χ3v) is 13.1. The second-order valence-electron chi connectivity index (χ2n) is 20.5. The van der Waals surface area contributed by atoms with E-state index in [0.29, 0.717) is 25.7 Å². The molecule has 0 aromatic rings. The first-order valence-corrected chi connectivity index (χ1v) is 31.5. The van der Waals surface area contributed by atoms with Crippen molar-refractivity contribution in [1.29, 1.82) is 0 Å². The van der Waals surface area contributed by atoms with E-state index in [4.69, 9.17) is 23.7 Å². The summed E-state index contributed by atoms with van der Waals surface area (Å²) in [6.45, 7) is 5.56. The number of rotatable bonds is 51. The number of carbonyl (C=O) groups excluding carboxylic acids is 3. The first-order chi connectivity index (χ1) is 40.6. The van der Waals surface area contributed by atoms with Gasteiger partial charge in [0, 0.05) is 19.3 Å².